The fourth-order valence-electron chi connectivity index (χ4n) is 1.94. The fraction of sp³-hybridized carbons (Fsp3) is 0.188. The first-order valence-corrected chi connectivity index (χ1v) is 8.03. The van der Waals surface area contributed by atoms with Crippen molar-refractivity contribution in [2.24, 2.45) is 0 Å². The van der Waals surface area contributed by atoms with Crippen LogP contribution in [-0.2, 0) is 9.53 Å². The van der Waals surface area contributed by atoms with E-state index in [1.165, 1.54) is 18.3 Å². The quantitative estimate of drug-likeness (QED) is 0.785. The van der Waals surface area contributed by atoms with E-state index in [2.05, 4.69) is 10.3 Å². The van der Waals surface area contributed by atoms with E-state index >= 15 is 0 Å². The number of pyridine rings is 1. The van der Waals surface area contributed by atoms with Gasteiger partial charge in [0, 0.05) is 21.3 Å². The number of amides is 1. The highest BCUT2D eigenvalue weighted by Crippen LogP contribution is 2.25. The molecular weight excluding hydrogens is 375 g/mol. The summed E-state index contributed by atoms with van der Waals surface area (Å²) in [4.78, 5) is 27.5. The minimum absolute atomic E-state index is 0.0316. The summed E-state index contributed by atoms with van der Waals surface area (Å²) >= 11 is 17.7. The molecule has 0 saturated heterocycles. The summed E-state index contributed by atoms with van der Waals surface area (Å²) in [7, 11) is 0. The van der Waals surface area contributed by atoms with Gasteiger partial charge in [-0.25, -0.2) is 9.78 Å². The number of nitrogens with one attached hydrogen (secondary N) is 1. The van der Waals surface area contributed by atoms with Gasteiger partial charge in [-0.15, -0.1) is 0 Å². The first-order valence-electron chi connectivity index (χ1n) is 6.90. The Morgan fingerprint density at radius 3 is 2.54 bits per heavy atom. The summed E-state index contributed by atoms with van der Waals surface area (Å²) in [5.41, 5.74) is 0.737. The van der Waals surface area contributed by atoms with Gasteiger partial charge < -0.3 is 10.1 Å². The normalized spacial score (nSPS) is 11.7. The molecule has 0 radical (unpaired) electrons. The molecule has 0 bridgehead atoms. The van der Waals surface area contributed by atoms with Crippen LogP contribution < -0.4 is 5.32 Å². The van der Waals surface area contributed by atoms with Crippen LogP contribution in [0.15, 0.2) is 36.5 Å². The van der Waals surface area contributed by atoms with Crippen LogP contribution in [0.5, 0.6) is 0 Å². The molecule has 1 aromatic carbocycles. The molecule has 2 rings (SSSR count). The Morgan fingerprint density at radius 1 is 1.17 bits per heavy atom. The van der Waals surface area contributed by atoms with E-state index in [0.717, 1.165) is 0 Å². The Labute approximate surface area is 153 Å². The average molecular weight is 388 g/mol. The number of halogens is 3. The van der Waals surface area contributed by atoms with Crippen molar-refractivity contribution in [3.8, 4) is 0 Å². The van der Waals surface area contributed by atoms with E-state index in [-0.39, 0.29) is 11.7 Å². The minimum Gasteiger partial charge on any atom is -0.451 e. The van der Waals surface area contributed by atoms with Crippen LogP contribution in [0, 0.1) is 0 Å². The molecule has 0 fully saturated rings. The molecule has 1 aromatic heterocycles. The van der Waals surface area contributed by atoms with E-state index in [1.807, 2.05) is 0 Å². The molecule has 0 spiro atoms. The van der Waals surface area contributed by atoms with Crippen molar-refractivity contribution in [1.29, 1.82) is 0 Å². The third kappa shape index (κ3) is 5.09. The number of ether oxygens (including phenoxy) is 1. The molecule has 0 aliphatic carbocycles. The molecular formula is C16H13Cl3N2O3. The molecule has 0 aliphatic rings. The topological polar surface area (TPSA) is 68.3 Å². The smallest absolute Gasteiger partial charge is 0.357 e. The SMILES string of the molecule is C[C@@H](NC(=O)COC(=O)c1cc(Cl)ccn1)c1ccc(Cl)cc1Cl. The van der Waals surface area contributed by atoms with Crippen molar-refractivity contribution in [2.75, 3.05) is 6.61 Å². The summed E-state index contributed by atoms with van der Waals surface area (Å²) in [6.07, 6.45) is 1.38. The predicted octanol–water partition coefficient (Wildman–Crippen LogP) is 4.08. The molecule has 0 aliphatic heterocycles. The highest BCUT2D eigenvalue weighted by Gasteiger charge is 2.16. The third-order valence-electron chi connectivity index (χ3n) is 3.07. The van der Waals surface area contributed by atoms with Crippen molar-refractivity contribution >= 4 is 46.7 Å². The zero-order valence-corrected chi connectivity index (χ0v) is 14.8. The van der Waals surface area contributed by atoms with Gasteiger partial charge in [0.15, 0.2) is 6.61 Å². The third-order valence-corrected chi connectivity index (χ3v) is 3.87. The Kier molecular flexibility index (Phi) is 6.43. The minimum atomic E-state index is -0.732. The Morgan fingerprint density at radius 2 is 1.88 bits per heavy atom. The Bertz CT molecular complexity index is 768. The lowest BCUT2D eigenvalue weighted by atomic mass is 10.1. The second kappa shape index (κ2) is 8.33. The van der Waals surface area contributed by atoms with Crippen molar-refractivity contribution in [3.63, 3.8) is 0 Å². The number of hydrogen-bond donors (Lipinski definition) is 1. The number of nitrogens with zero attached hydrogens (tertiary/aromatic N) is 1. The average Bonchev–Trinajstić information content (AvgIpc) is 2.52. The van der Waals surface area contributed by atoms with Crippen molar-refractivity contribution in [1.82, 2.24) is 10.3 Å². The van der Waals surface area contributed by atoms with Gasteiger partial charge in [-0.1, -0.05) is 40.9 Å². The Balaban J connectivity index is 1.90. The molecule has 0 saturated carbocycles. The zero-order valence-electron chi connectivity index (χ0n) is 12.6. The summed E-state index contributed by atoms with van der Waals surface area (Å²) < 4.78 is 4.90. The van der Waals surface area contributed by atoms with Crippen molar-refractivity contribution in [3.05, 3.63) is 62.9 Å². The fourth-order valence-corrected chi connectivity index (χ4v) is 2.67. The van der Waals surface area contributed by atoms with Crippen LogP contribution in [0.25, 0.3) is 0 Å². The first kappa shape index (κ1) is 18.5. The number of carbonyl (C=O) groups is 2. The van der Waals surface area contributed by atoms with Gasteiger partial charge in [0.25, 0.3) is 5.91 Å². The molecule has 5 nitrogen and oxygen atoms in total. The first-order chi connectivity index (χ1) is 11.4. The Hall–Kier alpha value is -1.82. The molecule has 2 aromatic rings. The van der Waals surface area contributed by atoms with Gasteiger partial charge in [-0.3, -0.25) is 4.79 Å². The van der Waals surface area contributed by atoms with Gasteiger partial charge in [0.05, 0.1) is 6.04 Å². The second-order valence-corrected chi connectivity index (χ2v) is 6.17. The lowest BCUT2D eigenvalue weighted by Gasteiger charge is -2.16. The maximum Gasteiger partial charge on any atom is 0.357 e. The maximum atomic E-state index is 11.9. The van der Waals surface area contributed by atoms with Crippen LogP contribution in [0.2, 0.25) is 15.1 Å². The summed E-state index contributed by atoms with van der Waals surface area (Å²) in [6, 6.07) is 7.51. The molecule has 1 amide bonds. The van der Waals surface area contributed by atoms with Gasteiger partial charge in [-0.05, 0) is 36.8 Å². The van der Waals surface area contributed by atoms with Crippen LogP contribution in [-0.4, -0.2) is 23.5 Å². The van der Waals surface area contributed by atoms with Crippen molar-refractivity contribution < 1.29 is 14.3 Å². The van der Waals surface area contributed by atoms with Crippen molar-refractivity contribution in [2.45, 2.75) is 13.0 Å². The lowest BCUT2D eigenvalue weighted by molar-refractivity contribution is -0.124. The predicted molar refractivity (Wildman–Crippen MR) is 92.5 cm³/mol. The molecule has 0 unspecified atom stereocenters. The number of rotatable bonds is 5. The molecule has 24 heavy (non-hydrogen) atoms. The van der Waals surface area contributed by atoms with E-state index in [1.54, 1.807) is 25.1 Å². The highest BCUT2D eigenvalue weighted by atomic mass is 35.5. The highest BCUT2D eigenvalue weighted by molar-refractivity contribution is 6.35. The van der Waals surface area contributed by atoms with E-state index < -0.39 is 18.5 Å². The van der Waals surface area contributed by atoms with Gasteiger partial charge in [-0.2, -0.15) is 0 Å². The van der Waals surface area contributed by atoms with Crippen LogP contribution >= 0.6 is 34.8 Å². The standard InChI is InChI=1S/C16H13Cl3N2O3/c1-9(12-3-2-10(17)6-13(12)19)21-15(22)8-24-16(23)14-7-11(18)4-5-20-14/h2-7,9H,8H2,1H3,(H,21,22)/t9-/m1/s1. The molecule has 8 heteroatoms. The monoisotopic (exact) mass is 386 g/mol. The lowest BCUT2D eigenvalue weighted by Crippen LogP contribution is -2.31. The maximum absolute atomic E-state index is 11.9. The number of aromatic nitrogens is 1. The summed E-state index contributed by atoms with van der Waals surface area (Å²) in [6.45, 7) is 1.32. The molecule has 1 atom stereocenters. The number of hydrogen-bond acceptors (Lipinski definition) is 4. The van der Waals surface area contributed by atoms with E-state index in [0.29, 0.717) is 20.6 Å². The number of esters is 1. The van der Waals surface area contributed by atoms with Crippen LogP contribution in [0.4, 0.5) is 0 Å². The number of carbonyl (C=O) groups excluding carboxylic acids is 2. The summed E-state index contributed by atoms with van der Waals surface area (Å²) in [5.74, 6) is -1.20. The zero-order chi connectivity index (χ0) is 17.7. The molecule has 1 heterocycles. The summed E-state index contributed by atoms with van der Waals surface area (Å²) in [5, 5.41) is 3.98. The van der Waals surface area contributed by atoms with Gasteiger partial charge >= 0.3 is 5.97 Å². The second-order valence-electron chi connectivity index (χ2n) is 4.89. The van der Waals surface area contributed by atoms with E-state index in [9.17, 15) is 9.59 Å². The number of benzene rings is 1. The largest absolute Gasteiger partial charge is 0.451 e. The van der Waals surface area contributed by atoms with Gasteiger partial charge in [0.1, 0.15) is 5.69 Å². The van der Waals surface area contributed by atoms with Crippen LogP contribution in [0.3, 0.4) is 0 Å². The molecule has 126 valence electrons. The van der Waals surface area contributed by atoms with Gasteiger partial charge in [0.2, 0.25) is 0 Å². The molecule has 1 N–H and O–H groups in total. The van der Waals surface area contributed by atoms with Crippen LogP contribution in [0.1, 0.15) is 29.0 Å². The van der Waals surface area contributed by atoms with E-state index in [4.69, 9.17) is 39.5 Å².